The predicted molar refractivity (Wildman–Crippen MR) is 83.1 cm³/mol. The maximum Gasteiger partial charge on any atom is 0.191 e. The Morgan fingerprint density at radius 3 is 2.82 bits per heavy atom. The Kier molecular flexibility index (Phi) is 10.6. The highest BCUT2D eigenvalue weighted by molar-refractivity contribution is 14.0. The number of ether oxygens (including phenoxy) is 1. The molecule has 0 saturated heterocycles. The Bertz CT molecular complexity index is 230. The Morgan fingerprint density at radius 2 is 2.24 bits per heavy atom. The highest BCUT2D eigenvalue weighted by atomic mass is 127. The molecule has 0 aliphatic heterocycles. The molecule has 0 amide bonds. The second-order valence-corrected chi connectivity index (χ2v) is 3.95. The molecule has 0 spiro atoms. The first-order valence-electron chi connectivity index (χ1n) is 6.07. The van der Waals surface area contributed by atoms with E-state index in [0.717, 1.165) is 31.6 Å². The average Bonchev–Trinajstić information content (AvgIpc) is 3.09. The van der Waals surface area contributed by atoms with Gasteiger partial charge in [0, 0.05) is 19.7 Å². The molecule has 0 aromatic carbocycles. The summed E-state index contributed by atoms with van der Waals surface area (Å²) in [4.78, 5) is 4.39. The van der Waals surface area contributed by atoms with Crippen molar-refractivity contribution < 1.29 is 4.74 Å². The van der Waals surface area contributed by atoms with Gasteiger partial charge < -0.3 is 15.4 Å². The van der Waals surface area contributed by atoms with Crippen molar-refractivity contribution in [1.82, 2.24) is 10.6 Å². The summed E-state index contributed by atoms with van der Waals surface area (Å²) in [5.41, 5.74) is 0. The van der Waals surface area contributed by atoms with Crippen molar-refractivity contribution >= 4 is 29.9 Å². The summed E-state index contributed by atoms with van der Waals surface area (Å²) in [6.07, 6.45) is 4.50. The molecule has 0 unspecified atom stereocenters. The van der Waals surface area contributed by atoms with Gasteiger partial charge in [-0.25, -0.2) is 0 Å². The topological polar surface area (TPSA) is 45.7 Å². The van der Waals surface area contributed by atoms with Gasteiger partial charge in [0.25, 0.3) is 0 Å². The van der Waals surface area contributed by atoms with E-state index >= 15 is 0 Å². The molecule has 1 aliphatic rings. The molecule has 1 rings (SSSR count). The molecule has 0 bridgehead atoms. The first-order valence-corrected chi connectivity index (χ1v) is 6.07. The van der Waals surface area contributed by atoms with Gasteiger partial charge >= 0.3 is 0 Å². The lowest BCUT2D eigenvalue weighted by atomic mass is 10.5. The predicted octanol–water partition coefficient (Wildman–Crippen LogP) is 1.77. The monoisotopic (exact) mass is 353 g/mol. The van der Waals surface area contributed by atoms with Gasteiger partial charge in [0.2, 0.25) is 0 Å². The van der Waals surface area contributed by atoms with Crippen LogP contribution in [0.2, 0.25) is 0 Å². The number of aliphatic imine (C=N–C) groups is 1. The van der Waals surface area contributed by atoms with Crippen molar-refractivity contribution in [3.05, 3.63) is 12.7 Å². The molecule has 0 aromatic rings. The van der Waals surface area contributed by atoms with Gasteiger partial charge in [-0.05, 0) is 25.7 Å². The summed E-state index contributed by atoms with van der Waals surface area (Å²) in [7, 11) is 0. The van der Waals surface area contributed by atoms with E-state index in [2.05, 4.69) is 29.1 Å². The fourth-order valence-electron chi connectivity index (χ4n) is 1.27. The fraction of sp³-hybridized carbons (Fsp3) is 0.750. The Labute approximate surface area is 121 Å². The van der Waals surface area contributed by atoms with Crippen molar-refractivity contribution in [2.45, 2.75) is 19.8 Å². The normalized spacial score (nSPS) is 15.0. The van der Waals surface area contributed by atoms with Crippen LogP contribution in [0, 0.1) is 5.92 Å². The van der Waals surface area contributed by atoms with Crippen molar-refractivity contribution in [3.63, 3.8) is 0 Å². The van der Waals surface area contributed by atoms with Crippen LogP contribution in [0.5, 0.6) is 0 Å². The molecule has 100 valence electrons. The third-order valence-electron chi connectivity index (χ3n) is 2.31. The van der Waals surface area contributed by atoms with Crippen LogP contribution in [-0.4, -0.2) is 38.8 Å². The number of nitrogens with one attached hydrogen (secondary N) is 2. The molecule has 17 heavy (non-hydrogen) atoms. The number of rotatable bonds is 8. The molecule has 0 aromatic heterocycles. The minimum Gasteiger partial charge on any atom is -0.379 e. The quantitative estimate of drug-likeness (QED) is 0.230. The first kappa shape index (κ1) is 16.7. The molecule has 2 N–H and O–H groups in total. The zero-order valence-corrected chi connectivity index (χ0v) is 12.9. The number of guanidine groups is 1. The molecule has 1 saturated carbocycles. The van der Waals surface area contributed by atoms with E-state index in [1.54, 1.807) is 0 Å². The van der Waals surface area contributed by atoms with E-state index in [1.807, 2.05) is 6.08 Å². The van der Waals surface area contributed by atoms with Crippen LogP contribution in [0.3, 0.4) is 0 Å². The second kappa shape index (κ2) is 10.8. The Hall–Kier alpha value is -0.300. The van der Waals surface area contributed by atoms with Crippen LogP contribution in [-0.2, 0) is 4.74 Å². The third kappa shape index (κ3) is 9.41. The van der Waals surface area contributed by atoms with Crippen molar-refractivity contribution in [3.8, 4) is 0 Å². The van der Waals surface area contributed by atoms with Crippen LogP contribution in [0.4, 0.5) is 0 Å². The van der Waals surface area contributed by atoms with Crippen LogP contribution in [0.1, 0.15) is 19.8 Å². The minimum atomic E-state index is 0. The summed E-state index contributed by atoms with van der Waals surface area (Å²) in [6.45, 7) is 9.63. The molecule has 4 nitrogen and oxygen atoms in total. The van der Waals surface area contributed by atoms with Gasteiger partial charge in [-0.2, -0.15) is 0 Å². The maximum absolute atomic E-state index is 5.51. The lowest BCUT2D eigenvalue weighted by Crippen LogP contribution is -2.37. The smallest absolute Gasteiger partial charge is 0.191 e. The van der Waals surface area contributed by atoms with E-state index in [1.165, 1.54) is 12.8 Å². The Morgan fingerprint density at radius 1 is 1.47 bits per heavy atom. The molecule has 5 heteroatoms. The molecule has 1 aliphatic carbocycles. The van der Waals surface area contributed by atoms with E-state index < -0.39 is 0 Å². The number of halogens is 1. The fourth-order valence-corrected chi connectivity index (χ4v) is 1.27. The zero-order valence-electron chi connectivity index (χ0n) is 10.6. The standard InChI is InChI=1S/C12H23N3O.HI/c1-3-7-14-12(13-4-2)15-8-9-16-10-11-5-6-11;/h3,11H,1,4-10H2,2H3,(H2,13,14,15);1H. The first-order chi connectivity index (χ1) is 7.86. The van der Waals surface area contributed by atoms with Crippen molar-refractivity contribution in [1.29, 1.82) is 0 Å². The Balaban J connectivity index is 0.00000256. The van der Waals surface area contributed by atoms with Gasteiger partial charge in [-0.1, -0.05) is 6.08 Å². The van der Waals surface area contributed by atoms with Crippen molar-refractivity contribution in [2.24, 2.45) is 10.9 Å². The van der Waals surface area contributed by atoms with Crippen LogP contribution >= 0.6 is 24.0 Å². The highest BCUT2D eigenvalue weighted by Gasteiger charge is 2.20. The van der Waals surface area contributed by atoms with E-state index in [-0.39, 0.29) is 24.0 Å². The molecular weight excluding hydrogens is 329 g/mol. The summed E-state index contributed by atoms with van der Waals surface area (Å²) in [6, 6.07) is 0. The summed E-state index contributed by atoms with van der Waals surface area (Å²) >= 11 is 0. The third-order valence-corrected chi connectivity index (χ3v) is 2.31. The number of nitrogens with zero attached hydrogens (tertiary/aromatic N) is 1. The van der Waals surface area contributed by atoms with E-state index in [0.29, 0.717) is 13.2 Å². The lowest BCUT2D eigenvalue weighted by Gasteiger charge is -2.09. The molecule has 1 fully saturated rings. The number of hydrogen-bond donors (Lipinski definition) is 2. The average molecular weight is 353 g/mol. The molecule has 0 radical (unpaired) electrons. The summed E-state index contributed by atoms with van der Waals surface area (Å²) in [5, 5.41) is 6.31. The lowest BCUT2D eigenvalue weighted by molar-refractivity contribution is 0.132. The van der Waals surface area contributed by atoms with Gasteiger partial charge in [0.1, 0.15) is 0 Å². The summed E-state index contributed by atoms with van der Waals surface area (Å²) in [5.74, 6) is 1.66. The highest BCUT2D eigenvalue weighted by Crippen LogP contribution is 2.28. The van der Waals surface area contributed by atoms with Gasteiger partial charge in [0.15, 0.2) is 5.96 Å². The SMILES string of the molecule is C=CCNC(=NCCOCC1CC1)NCC.I. The maximum atomic E-state index is 5.51. The second-order valence-electron chi connectivity index (χ2n) is 3.95. The number of hydrogen-bond acceptors (Lipinski definition) is 2. The molecule has 0 atom stereocenters. The molecular formula is C12H24IN3O. The van der Waals surface area contributed by atoms with Crippen LogP contribution < -0.4 is 10.6 Å². The van der Waals surface area contributed by atoms with Crippen LogP contribution in [0.25, 0.3) is 0 Å². The van der Waals surface area contributed by atoms with E-state index in [9.17, 15) is 0 Å². The van der Waals surface area contributed by atoms with Crippen LogP contribution in [0.15, 0.2) is 17.6 Å². The van der Waals surface area contributed by atoms with Crippen molar-refractivity contribution in [2.75, 3.05) is 32.8 Å². The molecule has 0 heterocycles. The van der Waals surface area contributed by atoms with Gasteiger partial charge in [-0.3, -0.25) is 4.99 Å². The van der Waals surface area contributed by atoms with E-state index in [4.69, 9.17) is 4.74 Å². The minimum absolute atomic E-state index is 0. The van der Waals surface area contributed by atoms with Gasteiger partial charge in [-0.15, -0.1) is 30.6 Å². The summed E-state index contributed by atoms with van der Waals surface area (Å²) < 4.78 is 5.51. The largest absolute Gasteiger partial charge is 0.379 e. The van der Waals surface area contributed by atoms with Gasteiger partial charge in [0.05, 0.1) is 13.2 Å². The zero-order chi connectivity index (χ0) is 11.6.